The topological polar surface area (TPSA) is 96.0 Å². The lowest BCUT2D eigenvalue weighted by Crippen LogP contribution is -2.51. The summed E-state index contributed by atoms with van der Waals surface area (Å²) in [7, 11) is 0. The molecule has 1 N–H and O–H groups in total. The monoisotopic (exact) mass is 339 g/mol. The second kappa shape index (κ2) is 7.74. The van der Waals surface area contributed by atoms with Crippen molar-refractivity contribution in [2.24, 2.45) is 0 Å². The van der Waals surface area contributed by atoms with Crippen LogP contribution in [-0.4, -0.2) is 58.3 Å². The standard InChI is InChI=1S/C16H25N3O5/c1-10-5-4-6-11(2)18(10)9-13(20)17-12(3)16(23)24-19-14(21)7-8-15(19)22/h10-12H,4-9H2,1-3H3,(H,17,20). The fraction of sp³-hybridized carbons (Fsp3) is 0.750. The van der Waals surface area contributed by atoms with Crippen molar-refractivity contribution < 1.29 is 24.0 Å². The quantitative estimate of drug-likeness (QED) is 0.727. The number of hydroxylamine groups is 2. The van der Waals surface area contributed by atoms with E-state index < -0.39 is 23.8 Å². The Bertz CT molecular complexity index is 510. The molecule has 0 aromatic rings. The summed E-state index contributed by atoms with van der Waals surface area (Å²) >= 11 is 0. The molecule has 2 aliphatic rings. The normalized spacial score (nSPS) is 26.4. The number of likely N-dealkylation sites (tertiary alicyclic amines) is 1. The van der Waals surface area contributed by atoms with E-state index in [0.717, 1.165) is 19.3 Å². The number of piperidine rings is 1. The Kier molecular flexibility index (Phi) is 5.93. The fourth-order valence-corrected chi connectivity index (χ4v) is 3.13. The number of nitrogens with one attached hydrogen (secondary N) is 1. The van der Waals surface area contributed by atoms with Gasteiger partial charge in [0.05, 0.1) is 6.54 Å². The van der Waals surface area contributed by atoms with Crippen LogP contribution in [0.1, 0.15) is 52.9 Å². The number of hydrogen-bond acceptors (Lipinski definition) is 6. The van der Waals surface area contributed by atoms with E-state index in [-0.39, 0.29) is 25.3 Å². The van der Waals surface area contributed by atoms with Crippen LogP contribution < -0.4 is 5.32 Å². The molecule has 2 fully saturated rings. The van der Waals surface area contributed by atoms with E-state index in [1.165, 1.54) is 6.92 Å². The summed E-state index contributed by atoms with van der Waals surface area (Å²) in [5.41, 5.74) is 0. The number of amides is 3. The smallest absolute Gasteiger partial charge is 0.342 e. The van der Waals surface area contributed by atoms with Crippen LogP contribution in [0.4, 0.5) is 0 Å². The number of carbonyl (C=O) groups excluding carboxylic acids is 4. The highest BCUT2D eigenvalue weighted by Crippen LogP contribution is 2.21. The van der Waals surface area contributed by atoms with E-state index in [4.69, 9.17) is 4.84 Å². The summed E-state index contributed by atoms with van der Waals surface area (Å²) in [5.74, 6) is -2.18. The molecule has 3 atom stereocenters. The van der Waals surface area contributed by atoms with E-state index in [0.29, 0.717) is 17.1 Å². The predicted octanol–water partition coefficient (Wildman–Crippen LogP) is 0.361. The van der Waals surface area contributed by atoms with Gasteiger partial charge < -0.3 is 10.2 Å². The lowest BCUT2D eigenvalue weighted by atomic mass is 9.97. The zero-order chi connectivity index (χ0) is 17.9. The van der Waals surface area contributed by atoms with Crippen molar-refractivity contribution in [1.82, 2.24) is 15.3 Å². The highest BCUT2D eigenvalue weighted by atomic mass is 16.7. The van der Waals surface area contributed by atoms with Crippen LogP contribution in [0.3, 0.4) is 0 Å². The molecule has 2 aliphatic heterocycles. The number of hydrogen-bond donors (Lipinski definition) is 1. The Hall–Kier alpha value is -1.96. The average molecular weight is 339 g/mol. The Morgan fingerprint density at radius 3 is 2.25 bits per heavy atom. The Morgan fingerprint density at radius 1 is 1.17 bits per heavy atom. The van der Waals surface area contributed by atoms with Gasteiger partial charge in [-0.3, -0.25) is 19.3 Å². The minimum absolute atomic E-state index is 0.0393. The van der Waals surface area contributed by atoms with Gasteiger partial charge in [0.15, 0.2) is 0 Å². The molecule has 8 nitrogen and oxygen atoms in total. The van der Waals surface area contributed by atoms with Gasteiger partial charge in [0.2, 0.25) is 5.91 Å². The van der Waals surface area contributed by atoms with Gasteiger partial charge in [-0.1, -0.05) is 6.42 Å². The van der Waals surface area contributed by atoms with Crippen LogP contribution >= 0.6 is 0 Å². The van der Waals surface area contributed by atoms with Crippen LogP contribution in [0, 0.1) is 0 Å². The van der Waals surface area contributed by atoms with Gasteiger partial charge in [-0.25, -0.2) is 4.79 Å². The highest BCUT2D eigenvalue weighted by Gasteiger charge is 2.34. The number of carbonyl (C=O) groups is 4. The van der Waals surface area contributed by atoms with Gasteiger partial charge in [-0.05, 0) is 33.6 Å². The molecule has 2 saturated heterocycles. The number of imide groups is 1. The SMILES string of the molecule is CC(NC(=O)CN1C(C)CCCC1C)C(=O)ON1C(=O)CCC1=O. The van der Waals surface area contributed by atoms with Gasteiger partial charge in [-0.2, -0.15) is 0 Å². The third kappa shape index (κ3) is 4.31. The largest absolute Gasteiger partial charge is 0.354 e. The summed E-state index contributed by atoms with van der Waals surface area (Å²) in [4.78, 5) is 53.9. The summed E-state index contributed by atoms with van der Waals surface area (Å²) in [6.45, 7) is 5.85. The zero-order valence-electron chi connectivity index (χ0n) is 14.4. The van der Waals surface area contributed by atoms with Gasteiger partial charge in [0.1, 0.15) is 6.04 Å². The summed E-state index contributed by atoms with van der Waals surface area (Å²) in [5, 5.41) is 3.05. The average Bonchev–Trinajstić information content (AvgIpc) is 2.83. The first-order valence-corrected chi connectivity index (χ1v) is 8.42. The second-order valence-electron chi connectivity index (χ2n) is 6.58. The summed E-state index contributed by atoms with van der Waals surface area (Å²) in [6, 6.07) is -0.294. The predicted molar refractivity (Wildman–Crippen MR) is 84.3 cm³/mol. The molecule has 0 aromatic carbocycles. The van der Waals surface area contributed by atoms with E-state index in [1.54, 1.807) is 0 Å². The Morgan fingerprint density at radius 2 is 1.71 bits per heavy atom. The maximum Gasteiger partial charge on any atom is 0.354 e. The molecule has 3 unspecified atom stereocenters. The lowest BCUT2D eigenvalue weighted by molar-refractivity contribution is -0.198. The van der Waals surface area contributed by atoms with E-state index in [1.807, 2.05) is 0 Å². The van der Waals surface area contributed by atoms with E-state index >= 15 is 0 Å². The van der Waals surface area contributed by atoms with Crippen molar-refractivity contribution in [3.05, 3.63) is 0 Å². The molecule has 24 heavy (non-hydrogen) atoms. The first-order chi connectivity index (χ1) is 11.3. The van der Waals surface area contributed by atoms with Gasteiger partial charge >= 0.3 is 5.97 Å². The molecule has 134 valence electrons. The minimum Gasteiger partial charge on any atom is -0.342 e. The van der Waals surface area contributed by atoms with Crippen molar-refractivity contribution in [3.8, 4) is 0 Å². The molecule has 0 spiro atoms. The van der Waals surface area contributed by atoms with Crippen LogP contribution in [0.5, 0.6) is 0 Å². The molecule has 0 aromatic heterocycles. The molecule has 3 amide bonds. The Balaban J connectivity index is 1.83. The van der Waals surface area contributed by atoms with Gasteiger partial charge in [0, 0.05) is 24.9 Å². The van der Waals surface area contributed by atoms with E-state index in [2.05, 4.69) is 24.1 Å². The zero-order valence-corrected chi connectivity index (χ0v) is 14.4. The fourth-order valence-electron chi connectivity index (χ4n) is 3.13. The lowest BCUT2D eigenvalue weighted by Gasteiger charge is -2.38. The van der Waals surface area contributed by atoms with Crippen molar-refractivity contribution >= 4 is 23.7 Å². The van der Waals surface area contributed by atoms with Gasteiger partial charge in [-0.15, -0.1) is 5.06 Å². The second-order valence-corrected chi connectivity index (χ2v) is 6.58. The van der Waals surface area contributed by atoms with Crippen LogP contribution in [0.2, 0.25) is 0 Å². The third-order valence-corrected chi connectivity index (χ3v) is 4.62. The number of nitrogens with zero attached hydrogens (tertiary/aromatic N) is 2. The minimum atomic E-state index is -0.936. The molecular formula is C16H25N3O5. The summed E-state index contributed by atoms with van der Waals surface area (Å²) in [6.07, 6.45) is 3.33. The van der Waals surface area contributed by atoms with Crippen LogP contribution in [0.25, 0.3) is 0 Å². The molecule has 0 bridgehead atoms. The molecule has 2 rings (SSSR count). The summed E-state index contributed by atoms with van der Waals surface area (Å²) < 4.78 is 0. The number of rotatable bonds is 5. The molecule has 0 radical (unpaired) electrons. The molecule has 0 aliphatic carbocycles. The molecule has 8 heteroatoms. The molecule has 2 heterocycles. The van der Waals surface area contributed by atoms with Crippen molar-refractivity contribution in [1.29, 1.82) is 0 Å². The third-order valence-electron chi connectivity index (χ3n) is 4.62. The van der Waals surface area contributed by atoms with Crippen molar-refractivity contribution in [3.63, 3.8) is 0 Å². The first kappa shape index (κ1) is 18.4. The Labute approximate surface area is 141 Å². The maximum atomic E-state index is 12.2. The van der Waals surface area contributed by atoms with E-state index in [9.17, 15) is 19.2 Å². The highest BCUT2D eigenvalue weighted by molar-refractivity contribution is 6.01. The van der Waals surface area contributed by atoms with Crippen LogP contribution in [-0.2, 0) is 24.0 Å². The molecular weight excluding hydrogens is 314 g/mol. The molecule has 0 saturated carbocycles. The maximum absolute atomic E-state index is 12.2. The van der Waals surface area contributed by atoms with Gasteiger partial charge in [0.25, 0.3) is 11.8 Å². The first-order valence-electron chi connectivity index (χ1n) is 8.42. The van der Waals surface area contributed by atoms with Crippen LogP contribution in [0.15, 0.2) is 0 Å². The van der Waals surface area contributed by atoms with Crippen molar-refractivity contribution in [2.75, 3.05) is 6.54 Å². The van der Waals surface area contributed by atoms with Crippen molar-refractivity contribution in [2.45, 2.75) is 71.0 Å².